The molecule has 0 unspecified atom stereocenters. The van der Waals surface area contributed by atoms with Gasteiger partial charge in [0.1, 0.15) is 0 Å². The summed E-state index contributed by atoms with van der Waals surface area (Å²) in [6.07, 6.45) is 0. The SMILES string of the molecule is CCOC(=O)c1cc(C(=O)Nc2ccccc2)cc([N+](=O)[O-])c1. The lowest BCUT2D eigenvalue weighted by Crippen LogP contribution is -2.14. The van der Waals surface area contributed by atoms with Crippen molar-refractivity contribution in [2.24, 2.45) is 0 Å². The number of ether oxygens (including phenoxy) is 1. The van der Waals surface area contributed by atoms with Crippen molar-refractivity contribution in [3.63, 3.8) is 0 Å². The Balaban J connectivity index is 2.34. The van der Waals surface area contributed by atoms with Crippen molar-refractivity contribution >= 4 is 23.3 Å². The molecule has 118 valence electrons. The number of nitrogens with zero attached hydrogens (tertiary/aromatic N) is 1. The first kappa shape index (κ1) is 16.2. The molecule has 0 heterocycles. The summed E-state index contributed by atoms with van der Waals surface area (Å²) in [6.45, 7) is 1.76. The molecule has 0 aliphatic rings. The van der Waals surface area contributed by atoms with Crippen molar-refractivity contribution < 1.29 is 19.2 Å². The van der Waals surface area contributed by atoms with Gasteiger partial charge in [0.15, 0.2) is 0 Å². The number of para-hydroxylation sites is 1. The van der Waals surface area contributed by atoms with Gasteiger partial charge in [0, 0.05) is 23.4 Å². The number of hydrogen-bond donors (Lipinski definition) is 1. The smallest absolute Gasteiger partial charge is 0.338 e. The Kier molecular flexibility index (Phi) is 5.03. The van der Waals surface area contributed by atoms with Crippen LogP contribution < -0.4 is 5.32 Å². The number of nitro groups is 1. The Bertz CT molecular complexity index is 743. The minimum Gasteiger partial charge on any atom is -0.462 e. The van der Waals surface area contributed by atoms with Gasteiger partial charge in [-0.25, -0.2) is 4.79 Å². The second kappa shape index (κ2) is 7.17. The molecule has 0 fully saturated rings. The van der Waals surface area contributed by atoms with E-state index in [1.807, 2.05) is 0 Å². The number of rotatable bonds is 5. The highest BCUT2D eigenvalue weighted by Crippen LogP contribution is 2.19. The molecular weight excluding hydrogens is 300 g/mol. The summed E-state index contributed by atoms with van der Waals surface area (Å²) in [5, 5.41) is 13.6. The average Bonchev–Trinajstić information content (AvgIpc) is 2.55. The number of anilines is 1. The number of carbonyl (C=O) groups is 2. The van der Waals surface area contributed by atoms with Crippen LogP contribution in [0.1, 0.15) is 27.6 Å². The molecular formula is C16H14N2O5. The van der Waals surface area contributed by atoms with E-state index >= 15 is 0 Å². The quantitative estimate of drug-likeness (QED) is 0.519. The van der Waals surface area contributed by atoms with Crippen molar-refractivity contribution in [1.29, 1.82) is 0 Å². The molecule has 1 N–H and O–H groups in total. The number of nitrogens with one attached hydrogen (secondary N) is 1. The fourth-order valence-electron chi connectivity index (χ4n) is 1.90. The van der Waals surface area contributed by atoms with Gasteiger partial charge in [-0.2, -0.15) is 0 Å². The van der Waals surface area contributed by atoms with Gasteiger partial charge in [-0.15, -0.1) is 0 Å². The van der Waals surface area contributed by atoms with E-state index in [2.05, 4.69) is 5.32 Å². The number of esters is 1. The van der Waals surface area contributed by atoms with Gasteiger partial charge in [-0.05, 0) is 25.1 Å². The van der Waals surface area contributed by atoms with Crippen LogP contribution in [0.4, 0.5) is 11.4 Å². The lowest BCUT2D eigenvalue weighted by Gasteiger charge is -2.07. The van der Waals surface area contributed by atoms with Gasteiger partial charge in [0.2, 0.25) is 0 Å². The number of carbonyl (C=O) groups excluding carboxylic acids is 2. The molecule has 7 heteroatoms. The maximum absolute atomic E-state index is 12.2. The van der Waals surface area contributed by atoms with Gasteiger partial charge in [-0.3, -0.25) is 14.9 Å². The fraction of sp³-hybridized carbons (Fsp3) is 0.125. The minimum atomic E-state index is -0.718. The maximum Gasteiger partial charge on any atom is 0.338 e. The summed E-state index contributed by atoms with van der Waals surface area (Å²) in [4.78, 5) is 34.3. The zero-order valence-electron chi connectivity index (χ0n) is 12.3. The highest BCUT2D eigenvalue weighted by Gasteiger charge is 2.18. The van der Waals surface area contributed by atoms with Gasteiger partial charge >= 0.3 is 5.97 Å². The molecule has 1 amide bonds. The molecule has 0 saturated heterocycles. The second-order valence-electron chi connectivity index (χ2n) is 4.57. The molecule has 0 spiro atoms. The summed E-state index contributed by atoms with van der Waals surface area (Å²) in [7, 11) is 0. The summed E-state index contributed by atoms with van der Waals surface area (Å²) in [6, 6.07) is 12.1. The monoisotopic (exact) mass is 314 g/mol. The maximum atomic E-state index is 12.2. The van der Waals surface area contributed by atoms with Crippen LogP contribution in [0, 0.1) is 10.1 Å². The van der Waals surface area contributed by atoms with Crippen LogP contribution in [0.15, 0.2) is 48.5 Å². The molecule has 0 aliphatic heterocycles. The first-order valence-corrected chi connectivity index (χ1v) is 6.84. The Morgan fingerprint density at radius 1 is 1.13 bits per heavy atom. The molecule has 0 saturated carbocycles. The van der Waals surface area contributed by atoms with Crippen LogP contribution >= 0.6 is 0 Å². The Morgan fingerprint density at radius 3 is 2.39 bits per heavy atom. The van der Waals surface area contributed by atoms with Crippen molar-refractivity contribution in [1.82, 2.24) is 0 Å². The zero-order chi connectivity index (χ0) is 16.8. The van der Waals surface area contributed by atoms with E-state index in [1.165, 1.54) is 6.07 Å². The third-order valence-corrected chi connectivity index (χ3v) is 2.93. The number of hydrogen-bond acceptors (Lipinski definition) is 5. The van der Waals surface area contributed by atoms with E-state index in [0.717, 1.165) is 12.1 Å². The highest BCUT2D eigenvalue weighted by molar-refractivity contribution is 6.06. The number of nitro benzene ring substituents is 1. The van der Waals surface area contributed by atoms with Gasteiger partial charge in [-0.1, -0.05) is 18.2 Å². The van der Waals surface area contributed by atoms with Crippen molar-refractivity contribution in [2.75, 3.05) is 11.9 Å². The standard InChI is InChI=1S/C16H14N2O5/c1-2-23-16(20)12-8-11(9-14(10-12)18(21)22)15(19)17-13-6-4-3-5-7-13/h3-10H,2H2,1H3,(H,17,19). The summed E-state index contributed by atoms with van der Waals surface area (Å²) >= 11 is 0. The van der Waals surface area contributed by atoms with E-state index in [-0.39, 0.29) is 23.4 Å². The molecule has 2 aromatic rings. The molecule has 2 aromatic carbocycles. The van der Waals surface area contributed by atoms with Gasteiger partial charge in [0.05, 0.1) is 17.1 Å². The third kappa shape index (κ3) is 4.13. The highest BCUT2D eigenvalue weighted by atomic mass is 16.6. The molecule has 0 bridgehead atoms. The topological polar surface area (TPSA) is 98.5 Å². The van der Waals surface area contributed by atoms with Crippen LogP contribution in [0.5, 0.6) is 0 Å². The molecule has 0 aromatic heterocycles. The van der Waals surface area contributed by atoms with Crippen LogP contribution in [0.25, 0.3) is 0 Å². The van der Waals surface area contributed by atoms with Crippen molar-refractivity contribution in [3.8, 4) is 0 Å². The van der Waals surface area contributed by atoms with Crippen molar-refractivity contribution in [3.05, 3.63) is 69.8 Å². The molecule has 0 radical (unpaired) electrons. The van der Waals surface area contributed by atoms with Gasteiger partial charge < -0.3 is 10.1 Å². The third-order valence-electron chi connectivity index (χ3n) is 2.93. The average molecular weight is 314 g/mol. The van der Waals surface area contributed by atoms with Crippen molar-refractivity contribution in [2.45, 2.75) is 6.92 Å². The van der Waals surface area contributed by atoms with E-state index in [4.69, 9.17) is 4.74 Å². The molecule has 7 nitrogen and oxygen atoms in total. The largest absolute Gasteiger partial charge is 0.462 e. The van der Waals surface area contributed by atoms with Crippen LogP contribution in [-0.4, -0.2) is 23.4 Å². The molecule has 2 rings (SSSR count). The van der Waals surface area contributed by atoms with E-state index in [1.54, 1.807) is 37.3 Å². The first-order valence-electron chi connectivity index (χ1n) is 6.84. The number of benzene rings is 2. The number of amides is 1. The predicted molar refractivity (Wildman–Crippen MR) is 83.4 cm³/mol. The van der Waals surface area contributed by atoms with E-state index in [9.17, 15) is 19.7 Å². The molecule has 0 aliphatic carbocycles. The Hall–Kier alpha value is -3.22. The summed E-state index contributed by atoms with van der Waals surface area (Å²) in [5.41, 5.74) is 0.154. The normalized spacial score (nSPS) is 9.96. The molecule has 0 atom stereocenters. The van der Waals surface area contributed by atoms with E-state index in [0.29, 0.717) is 5.69 Å². The zero-order valence-corrected chi connectivity index (χ0v) is 12.3. The summed E-state index contributed by atoms with van der Waals surface area (Å²) < 4.78 is 4.82. The number of non-ortho nitro benzene ring substituents is 1. The minimum absolute atomic E-state index is 0.00565. The van der Waals surface area contributed by atoms with E-state index < -0.39 is 16.8 Å². The lowest BCUT2D eigenvalue weighted by atomic mass is 10.1. The molecule has 23 heavy (non-hydrogen) atoms. The van der Waals surface area contributed by atoms with Crippen LogP contribution in [0.3, 0.4) is 0 Å². The fourth-order valence-corrected chi connectivity index (χ4v) is 1.90. The lowest BCUT2D eigenvalue weighted by molar-refractivity contribution is -0.384. The Morgan fingerprint density at radius 2 is 1.78 bits per heavy atom. The predicted octanol–water partition coefficient (Wildman–Crippen LogP) is 3.02. The van der Waals surface area contributed by atoms with Gasteiger partial charge in [0.25, 0.3) is 11.6 Å². The Labute approximate surface area is 132 Å². The second-order valence-corrected chi connectivity index (χ2v) is 4.57. The van der Waals surface area contributed by atoms with Crippen LogP contribution in [-0.2, 0) is 4.74 Å². The van der Waals surface area contributed by atoms with Crippen LogP contribution in [0.2, 0.25) is 0 Å². The summed E-state index contributed by atoms with van der Waals surface area (Å²) in [5.74, 6) is -1.27. The first-order chi connectivity index (χ1) is 11.0.